The van der Waals surface area contributed by atoms with Gasteiger partial charge in [0.2, 0.25) is 5.91 Å². The maximum atomic E-state index is 13.4. The van der Waals surface area contributed by atoms with Crippen LogP contribution >= 0.6 is 11.8 Å². The average Bonchev–Trinajstić information content (AvgIpc) is 2.96. The molecule has 0 unspecified atom stereocenters. The second-order valence-electron chi connectivity index (χ2n) is 8.79. The normalized spacial score (nSPS) is 18.5. The maximum absolute atomic E-state index is 13.4. The molecule has 12 nitrogen and oxygen atoms in total. The fourth-order valence-electron chi connectivity index (χ4n) is 4.22. The molecule has 3 atom stereocenters. The monoisotopic (exact) mass is 567 g/mol. The Labute approximate surface area is 232 Å². The highest BCUT2D eigenvalue weighted by Gasteiger charge is 2.54. The van der Waals surface area contributed by atoms with E-state index in [1.165, 1.54) is 30.8 Å². The highest BCUT2D eigenvalue weighted by molar-refractivity contribution is 8.00. The van der Waals surface area contributed by atoms with Crippen molar-refractivity contribution >= 4 is 47.7 Å². The Morgan fingerprint density at radius 3 is 2.50 bits per heavy atom. The molecule has 1 saturated heterocycles. The topological polar surface area (TPSA) is 168 Å². The van der Waals surface area contributed by atoms with Gasteiger partial charge in [-0.05, 0) is 17.7 Å². The molecule has 0 spiro atoms. The van der Waals surface area contributed by atoms with E-state index in [4.69, 9.17) is 9.47 Å². The Hall–Kier alpha value is -4.65. The molecule has 13 heteroatoms. The van der Waals surface area contributed by atoms with Crippen molar-refractivity contribution in [1.82, 2.24) is 15.5 Å². The van der Waals surface area contributed by atoms with Crippen LogP contribution in [0.2, 0.25) is 0 Å². The van der Waals surface area contributed by atoms with Gasteiger partial charge < -0.3 is 25.2 Å². The number of carboxylic acid groups (broad SMARTS) is 1. The van der Waals surface area contributed by atoms with E-state index in [-0.39, 0.29) is 34.9 Å². The van der Waals surface area contributed by atoms with Crippen LogP contribution in [0.1, 0.15) is 28.9 Å². The second-order valence-corrected chi connectivity index (χ2v) is 9.89. The summed E-state index contributed by atoms with van der Waals surface area (Å²) in [7, 11) is 0. The van der Waals surface area contributed by atoms with Gasteiger partial charge in [0.25, 0.3) is 11.8 Å². The van der Waals surface area contributed by atoms with Gasteiger partial charge >= 0.3 is 11.9 Å². The summed E-state index contributed by atoms with van der Waals surface area (Å²) in [5, 5.41) is 14.2. The Balaban J connectivity index is 1.46. The van der Waals surface area contributed by atoms with Crippen molar-refractivity contribution in [3.05, 3.63) is 77.0 Å². The summed E-state index contributed by atoms with van der Waals surface area (Å²) in [4.78, 5) is 74.5. The Bertz CT molecular complexity index is 1380. The summed E-state index contributed by atoms with van der Waals surface area (Å²) in [5.74, 6) is -3.53. The number of hydrogen-bond acceptors (Lipinski definition) is 9. The zero-order valence-corrected chi connectivity index (χ0v) is 22.0. The van der Waals surface area contributed by atoms with Crippen LogP contribution in [0, 0.1) is 0 Å². The van der Waals surface area contributed by atoms with Crippen LogP contribution in [0.15, 0.2) is 65.9 Å². The van der Waals surface area contributed by atoms with Crippen LogP contribution in [-0.4, -0.2) is 76.3 Å². The molecule has 2 aromatic carbocycles. The molecule has 208 valence electrons. The van der Waals surface area contributed by atoms with Crippen molar-refractivity contribution in [2.24, 2.45) is 0 Å². The number of thioether (sulfide) groups is 1. The molecular weight excluding hydrogens is 542 g/mol. The Morgan fingerprint density at radius 2 is 1.82 bits per heavy atom. The largest absolute Gasteiger partial charge is 0.483 e. The molecule has 0 aromatic heterocycles. The van der Waals surface area contributed by atoms with E-state index in [1.54, 1.807) is 42.5 Å². The number of amides is 3. The molecule has 0 aliphatic carbocycles. The predicted octanol–water partition coefficient (Wildman–Crippen LogP) is 1.04. The summed E-state index contributed by atoms with van der Waals surface area (Å²) in [6.07, 6.45) is 0.597. The summed E-state index contributed by atoms with van der Waals surface area (Å²) in [6, 6.07) is 12.5. The van der Waals surface area contributed by atoms with Gasteiger partial charge in [-0.2, -0.15) is 0 Å². The van der Waals surface area contributed by atoms with Crippen LogP contribution in [-0.2, 0) is 28.7 Å². The lowest BCUT2D eigenvalue weighted by Gasteiger charge is -2.49. The van der Waals surface area contributed by atoms with E-state index in [2.05, 4.69) is 10.6 Å². The van der Waals surface area contributed by atoms with Gasteiger partial charge in [0, 0.05) is 18.2 Å². The van der Waals surface area contributed by atoms with Crippen molar-refractivity contribution in [2.75, 3.05) is 19.0 Å². The Morgan fingerprint density at radius 1 is 1.12 bits per heavy atom. The van der Waals surface area contributed by atoms with E-state index >= 15 is 0 Å². The van der Waals surface area contributed by atoms with Gasteiger partial charge in [0.15, 0.2) is 12.9 Å². The molecule has 0 bridgehead atoms. The van der Waals surface area contributed by atoms with E-state index in [1.807, 2.05) is 0 Å². The zero-order valence-electron chi connectivity index (χ0n) is 21.2. The van der Waals surface area contributed by atoms with Crippen molar-refractivity contribution in [3.63, 3.8) is 0 Å². The maximum Gasteiger partial charge on any atom is 0.352 e. The van der Waals surface area contributed by atoms with E-state index in [0.29, 0.717) is 11.8 Å². The lowest BCUT2D eigenvalue weighted by atomic mass is 10.0. The molecule has 2 aliphatic rings. The second kappa shape index (κ2) is 12.5. The SMILES string of the molecule is CC(=O)OCC1=C(C(=O)O)N2C(=O)[C@@H](NC(=O)[C@@H](NC(=O)COc3ccccc3C=O)c3ccccc3)[C@H]2SC1. The first-order valence-corrected chi connectivity index (χ1v) is 13.1. The molecule has 0 radical (unpaired) electrons. The number of carbonyl (C=O) groups is 6. The molecule has 2 aliphatic heterocycles. The number of nitrogens with zero attached hydrogens (tertiary/aromatic N) is 1. The minimum absolute atomic E-state index is 0.175. The van der Waals surface area contributed by atoms with Crippen LogP contribution in [0.25, 0.3) is 0 Å². The highest BCUT2D eigenvalue weighted by atomic mass is 32.2. The van der Waals surface area contributed by atoms with Gasteiger partial charge in [0.1, 0.15) is 35.5 Å². The van der Waals surface area contributed by atoms with Gasteiger partial charge in [-0.15, -0.1) is 11.8 Å². The molecular formula is C27H25N3O9S. The van der Waals surface area contributed by atoms with Gasteiger partial charge in [-0.1, -0.05) is 42.5 Å². The van der Waals surface area contributed by atoms with E-state index in [9.17, 15) is 33.9 Å². The van der Waals surface area contributed by atoms with Crippen LogP contribution < -0.4 is 15.4 Å². The van der Waals surface area contributed by atoms with Crippen molar-refractivity contribution in [1.29, 1.82) is 0 Å². The van der Waals surface area contributed by atoms with Gasteiger partial charge in [0.05, 0.1) is 5.56 Å². The molecule has 4 rings (SSSR count). The number of β-lactam (4-membered cyclic amide) rings is 1. The van der Waals surface area contributed by atoms with E-state index in [0.717, 1.165) is 4.90 Å². The first-order chi connectivity index (χ1) is 19.2. The average molecular weight is 568 g/mol. The van der Waals surface area contributed by atoms with Crippen molar-refractivity contribution in [3.8, 4) is 5.75 Å². The fourth-order valence-corrected chi connectivity index (χ4v) is 5.55. The van der Waals surface area contributed by atoms with Crippen LogP contribution in [0.3, 0.4) is 0 Å². The van der Waals surface area contributed by atoms with Crippen LogP contribution in [0.5, 0.6) is 5.75 Å². The standard InChI is InChI=1S/C27H25N3O9S/c1-15(32)38-12-18-14-40-26-22(25(35)30(26)23(18)27(36)37)29-24(34)21(16-7-3-2-4-8-16)28-20(33)13-39-19-10-6-5-9-17(19)11-31/h2-11,21-22,26H,12-14H2,1H3,(H,28,33)(H,29,34)(H,36,37)/t21-,22+,26+/m0/s1. The first-order valence-electron chi connectivity index (χ1n) is 12.1. The number of hydrogen-bond donors (Lipinski definition) is 3. The van der Waals surface area contributed by atoms with Gasteiger partial charge in [-0.25, -0.2) is 4.79 Å². The summed E-state index contributed by atoms with van der Waals surface area (Å²) in [6.45, 7) is 0.450. The number of para-hydroxylation sites is 1. The smallest absolute Gasteiger partial charge is 0.352 e. The number of fused-ring (bicyclic) bond motifs is 1. The zero-order chi connectivity index (χ0) is 28.8. The number of esters is 1. The number of aliphatic carboxylic acids is 1. The summed E-state index contributed by atoms with van der Waals surface area (Å²) < 4.78 is 10.4. The molecule has 40 heavy (non-hydrogen) atoms. The van der Waals surface area contributed by atoms with Crippen molar-refractivity contribution < 1.29 is 43.3 Å². The number of ether oxygens (including phenoxy) is 2. The molecule has 3 N–H and O–H groups in total. The fraction of sp³-hybridized carbons (Fsp3) is 0.259. The minimum Gasteiger partial charge on any atom is -0.483 e. The lowest BCUT2D eigenvalue weighted by molar-refractivity contribution is -0.151. The quantitative estimate of drug-likeness (QED) is 0.203. The highest BCUT2D eigenvalue weighted by Crippen LogP contribution is 2.40. The summed E-state index contributed by atoms with van der Waals surface area (Å²) in [5.41, 5.74) is 0.696. The van der Waals surface area contributed by atoms with Crippen molar-refractivity contribution in [2.45, 2.75) is 24.4 Å². The number of aldehydes is 1. The molecule has 1 fully saturated rings. The molecule has 2 aromatic rings. The summed E-state index contributed by atoms with van der Waals surface area (Å²) >= 11 is 1.22. The third kappa shape index (κ3) is 6.15. The molecule has 3 amide bonds. The third-order valence-electron chi connectivity index (χ3n) is 6.10. The van der Waals surface area contributed by atoms with Gasteiger partial charge in [-0.3, -0.25) is 28.9 Å². The third-order valence-corrected chi connectivity index (χ3v) is 7.44. The van der Waals surface area contributed by atoms with Crippen LogP contribution in [0.4, 0.5) is 0 Å². The first kappa shape index (κ1) is 28.4. The number of rotatable bonds is 11. The molecule has 2 heterocycles. The Kier molecular flexibility index (Phi) is 8.84. The predicted molar refractivity (Wildman–Crippen MR) is 141 cm³/mol. The van der Waals surface area contributed by atoms with E-state index < -0.39 is 53.7 Å². The number of carbonyl (C=O) groups excluding carboxylic acids is 5. The molecule has 0 saturated carbocycles. The number of carboxylic acids is 1. The number of benzene rings is 2. The lowest BCUT2D eigenvalue weighted by Crippen LogP contribution is -2.71. The number of nitrogens with one attached hydrogen (secondary N) is 2. The minimum atomic E-state index is -1.35.